The third-order valence-electron chi connectivity index (χ3n) is 3.22. The van der Waals surface area contributed by atoms with Crippen molar-refractivity contribution >= 4 is 12.3 Å². The van der Waals surface area contributed by atoms with Crippen molar-refractivity contribution in [3.8, 4) is 0 Å². The minimum Gasteiger partial charge on any atom is -0.448 e. The van der Waals surface area contributed by atoms with Crippen molar-refractivity contribution in [3.05, 3.63) is 35.9 Å². The molecule has 0 saturated heterocycles. The van der Waals surface area contributed by atoms with Gasteiger partial charge in [-0.15, -0.1) is 0 Å². The van der Waals surface area contributed by atoms with E-state index < -0.39 is 11.6 Å². The van der Waals surface area contributed by atoms with Crippen molar-refractivity contribution < 1.29 is 14.3 Å². The molecule has 0 heterocycles. The number of carbonyl (C=O) groups excluding carboxylic acids is 2. The molecule has 3 heteroatoms. The summed E-state index contributed by atoms with van der Waals surface area (Å²) in [6.07, 6.45) is 5.09. The van der Waals surface area contributed by atoms with Crippen LogP contribution in [0.2, 0.25) is 0 Å². The van der Waals surface area contributed by atoms with Crippen molar-refractivity contribution in [2.24, 2.45) is 0 Å². The minimum atomic E-state index is -0.884. The number of benzene rings is 1. The maximum atomic E-state index is 11.9. The molecule has 0 unspecified atom stereocenters. The lowest BCUT2D eigenvalue weighted by atomic mass is 9.86. The molecule has 1 aromatic rings. The van der Waals surface area contributed by atoms with Gasteiger partial charge in [0.15, 0.2) is 11.9 Å². The molecule has 0 radical (unpaired) electrons. The van der Waals surface area contributed by atoms with E-state index in [1.807, 2.05) is 6.07 Å². The molecule has 0 bridgehead atoms. The molecule has 1 saturated carbocycles. The lowest BCUT2D eigenvalue weighted by molar-refractivity contribution is -0.128. The summed E-state index contributed by atoms with van der Waals surface area (Å²) in [5, 5.41) is 0. The Morgan fingerprint density at radius 2 is 1.76 bits per heavy atom. The Bertz CT molecular complexity index is 391. The standard InChI is InChI=1S/C14H16O3/c15-11-14(9-5-2-6-10-14)17-13(16)12-7-3-1-4-8-12/h1,3-4,7-8,11H,2,5-6,9-10H2. The summed E-state index contributed by atoms with van der Waals surface area (Å²) in [6, 6.07) is 8.80. The molecule has 90 valence electrons. The van der Waals surface area contributed by atoms with Crippen molar-refractivity contribution in [2.45, 2.75) is 37.7 Å². The number of rotatable bonds is 3. The Hall–Kier alpha value is -1.64. The summed E-state index contributed by atoms with van der Waals surface area (Å²) in [6.45, 7) is 0. The Balaban J connectivity index is 2.09. The Labute approximate surface area is 101 Å². The van der Waals surface area contributed by atoms with Crippen LogP contribution in [-0.4, -0.2) is 17.9 Å². The van der Waals surface area contributed by atoms with Gasteiger partial charge in [-0.3, -0.25) is 4.79 Å². The highest BCUT2D eigenvalue weighted by Crippen LogP contribution is 2.30. The first-order valence-corrected chi connectivity index (χ1v) is 6.00. The average Bonchev–Trinajstić information content (AvgIpc) is 2.41. The molecule has 1 fully saturated rings. The van der Waals surface area contributed by atoms with Crippen LogP contribution in [0.15, 0.2) is 30.3 Å². The molecule has 0 amide bonds. The molecule has 1 aliphatic rings. The van der Waals surface area contributed by atoms with Gasteiger partial charge in [-0.25, -0.2) is 4.79 Å². The van der Waals surface area contributed by atoms with Gasteiger partial charge in [-0.05, 0) is 37.8 Å². The first-order valence-electron chi connectivity index (χ1n) is 6.00. The maximum Gasteiger partial charge on any atom is 0.339 e. The normalized spacial score (nSPS) is 18.4. The number of esters is 1. The quantitative estimate of drug-likeness (QED) is 0.594. The topological polar surface area (TPSA) is 43.4 Å². The van der Waals surface area contributed by atoms with Crippen LogP contribution in [0.25, 0.3) is 0 Å². The fraction of sp³-hybridized carbons (Fsp3) is 0.429. The molecule has 3 nitrogen and oxygen atoms in total. The van der Waals surface area contributed by atoms with Crippen LogP contribution < -0.4 is 0 Å². The molecular weight excluding hydrogens is 216 g/mol. The molecule has 2 rings (SSSR count). The SMILES string of the molecule is O=CC1(OC(=O)c2ccccc2)CCCCC1. The second-order valence-corrected chi connectivity index (χ2v) is 4.50. The van der Waals surface area contributed by atoms with Crippen LogP contribution in [0.1, 0.15) is 42.5 Å². The number of carbonyl (C=O) groups is 2. The van der Waals surface area contributed by atoms with E-state index in [0.29, 0.717) is 18.4 Å². The minimum absolute atomic E-state index is 0.403. The monoisotopic (exact) mass is 232 g/mol. The van der Waals surface area contributed by atoms with Crippen molar-refractivity contribution in [1.82, 2.24) is 0 Å². The van der Waals surface area contributed by atoms with Crippen molar-refractivity contribution in [1.29, 1.82) is 0 Å². The van der Waals surface area contributed by atoms with E-state index >= 15 is 0 Å². The molecule has 0 aliphatic heterocycles. The molecule has 17 heavy (non-hydrogen) atoms. The van der Waals surface area contributed by atoms with Crippen LogP contribution in [0, 0.1) is 0 Å². The lowest BCUT2D eigenvalue weighted by Crippen LogP contribution is -2.38. The van der Waals surface area contributed by atoms with Crippen LogP contribution in [-0.2, 0) is 9.53 Å². The molecule has 0 spiro atoms. The van der Waals surface area contributed by atoms with Gasteiger partial charge in [0.1, 0.15) is 0 Å². The van der Waals surface area contributed by atoms with Crippen LogP contribution in [0.5, 0.6) is 0 Å². The van der Waals surface area contributed by atoms with Crippen molar-refractivity contribution in [3.63, 3.8) is 0 Å². The van der Waals surface area contributed by atoms with Gasteiger partial charge in [-0.2, -0.15) is 0 Å². The summed E-state index contributed by atoms with van der Waals surface area (Å²) in [4.78, 5) is 23.1. The van der Waals surface area contributed by atoms with Gasteiger partial charge in [0.25, 0.3) is 0 Å². The zero-order valence-electron chi connectivity index (χ0n) is 9.72. The van der Waals surface area contributed by atoms with Gasteiger partial charge >= 0.3 is 5.97 Å². The number of hydrogen-bond acceptors (Lipinski definition) is 3. The second-order valence-electron chi connectivity index (χ2n) is 4.50. The van der Waals surface area contributed by atoms with E-state index in [1.54, 1.807) is 24.3 Å². The van der Waals surface area contributed by atoms with Crippen LogP contribution in [0.4, 0.5) is 0 Å². The summed E-state index contributed by atoms with van der Waals surface area (Å²) in [5.41, 5.74) is -0.384. The predicted molar refractivity (Wildman–Crippen MR) is 63.7 cm³/mol. The Morgan fingerprint density at radius 3 is 2.35 bits per heavy atom. The highest BCUT2D eigenvalue weighted by molar-refractivity contribution is 5.90. The fourth-order valence-corrected chi connectivity index (χ4v) is 2.21. The number of hydrogen-bond donors (Lipinski definition) is 0. The van der Waals surface area contributed by atoms with Gasteiger partial charge in [-0.1, -0.05) is 24.6 Å². The first kappa shape index (κ1) is 11.8. The van der Waals surface area contributed by atoms with E-state index in [-0.39, 0.29) is 0 Å². The molecule has 0 N–H and O–H groups in total. The lowest BCUT2D eigenvalue weighted by Gasteiger charge is -2.31. The van der Waals surface area contributed by atoms with E-state index in [9.17, 15) is 9.59 Å². The summed E-state index contributed by atoms with van der Waals surface area (Å²) in [5.74, 6) is -0.403. The highest BCUT2D eigenvalue weighted by atomic mass is 16.6. The molecule has 1 aromatic carbocycles. The third kappa shape index (κ3) is 2.73. The predicted octanol–water partition coefficient (Wildman–Crippen LogP) is 2.75. The zero-order chi connectivity index (χ0) is 12.1. The summed E-state index contributed by atoms with van der Waals surface area (Å²) < 4.78 is 5.41. The Kier molecular flexibility index (Phi) is 3.57. The van der Waals surface area contributed by atoms with Gasteiger partial charge in [0.2, 0.25) is 0 Å². The molecule has 0 aromatic heterocycles. The smallest absolute Gasteiger partial charge is 0.339 e. The van der Waals surface area contributed by atoms with Crippen LogP contribution in [0.3, 0.4) is 0 Å². The van der Waals surface area contributed by atoms with Gasteiger partial charge < -0.3 is 4.74 Å². The maximum absolute atomic E-state index is 11.9. The van der Waals surface area contributed by atoms with E-state index in [0.717, 1.165) is 25.5 Å². The first-order chi connectivity index (χ1) is 8.26. The Morgan fingerprint density at radius 1 is 1.12 bits per heavy atom. The van der Waals surface area contributed by atoms with E-state index in [1.165, 1.54) is 0 Å². The number of aldehydes is 1. The van der Waals surface area contributed by atoms with Crippen LogP contribution >= 0.6 is 0 Å². The van der Waals surface area contributed by atoms with Gasteiger partial charge in [0.05, 0.1) is 5.56 Å². The molecule has 1 aliphatic carbocycles. The van der Waals surface area contributed by atoms with E-state index in [2.05, 4.69) is 0 Å². The number of ether oxygens (including phenoxy) is 1. The van der Waals surface area contributed by atoms with E-state index in [4.69, 9.17) is 4.74 Å². The largest absolute Gasteiger partial charge is 0.448 e. The zero-order valence-corrected chi connectivity index (χ0v) is 9.72. The third-order valence-corrected chi connectivity index (χ3v) is 3.22. The highest BCUT2D eigenvalue weighted by Gasteiger charge is 2.35. The van der Waals surface area contributed by atoms with Crippen molar-refractivity contribution in [2.75, 3.05) is 0 Å². The summed E-state index contributed by atoms with van der Waals surface area (Å²) >= 11 is 0. The summed E-state index contributed by atoms with van der Waals surface area (Å²) in [7, 11) is 0. The fourth-order valence-electron chi connectivity index (χ4n) is 2.21. The average molecular weight is 232 g/mol. The van der Waals surface area contributed by atoms with Gasteiger partial charge in [0, 0.05) is 0 Å². The second kappa shape index (κ2) is 5.13. The molecule has 0 atom stereocenters. The molecular formula is C14H16O3.